The Morgan fingerprint density at radius 1 is 1.32 bits per heavy atom. The molecule has 1 aromatic heterocycles. The van der Waals surface area contributed by atoms with E-state index in [0.717, 1.165) is 0 Å². The molecule has 0 radical (unpaired) electrons. The number of benzene rings is 1. The minimum Gasteiger partial charge on any atom is -0.390 e. The summed E-state index contributed by atoms with van der Waals surface area (Å²) in [6.45, 7) is 7.17. The van der Waals surface area contributed by atoms with E-state index < -0.39 is 24.9 Å². The molecular weight excluding hydrogens is 317 g/mol. The lowest BCUT2D eigenvalue weighted by Crippen LogP contribution is -2.10. The fraction of sp³-hybridized carbons (Fsp3) is 0.571. The van der Waals surface area contributed by atoms with Gasteiger partial charge < -0.3 is 9.67 Å². The van der Waals surface area contributed by atoms with Gasteiger partial charge in [-0.05, 0) is 29.7 Å². The molecule has 1 aromatic carbocycles. The van der Waals surface area contributed by atoms with Gasteiger partial charge in [0.25, 0.3) is 0 Å². The summed E-state index contributed by atoms with van der Waals surface area (Å²) >= 11 is 0. The van der Waals surface area contributed by atoms with Crippen LogP contribution in [-0.2, 0) is 6.54 Å². The highest BCUT2D eigenvalue weighted by molar-refractivity contribution is 6.11. The quantitative estimate of drug-likeness (QED) is 0.741. The maximum atomic E-state index is 13.5. The van der Waals surface area contributed by atoms with Gasteiger partial charge in [-0.2, -0.15) is 0 Å². The van der Waals surface area contributed by atoms with Crippen LogP contribution in [0.15, 0.2) is 30.3 Å². The van der Waals surface area contributed by atoms with Crippen LogP contribution >= 0.6 is 0 Å². The van der Waals surface area contributed by atoms with Crippen LogP contribution in [0.2, 0.25) is 0 Å². The molecule has 2 aromatic rings. The van der Waals surface area contributed by atoms with Crippen molar-refractivity contribution in [1.29, 1.82) is 0 Å². The number of hydrogen-bond acceptors (Lipinski definition) is 2. The third kappa shape index (κ3) is 2.91. The minimum atomic E-state index is -1.12. The number of nitrogens with zero attached hydrogens (tertiary/aromatic N) is 1. The lowest BCUT2D eigenvalue weighted by atomic mass is 10.0. The number of aryl methyl sites for hydroxylation is 1. The number of alkyl halides is 1. The normalized spacial score (nSPS) is 22.7. The summed E-state index contributed by atoms with van der Waals surface area (Å²) < 4.78 is 55.4. The molecule has 4 heteroatoms. The van der Waals surface area contributed by atoms with Crippen LogP contribution in [0.1, 0.15) is 57.7 Å². The summed E-state index contributed by atoms with van der Waals surface area (Å²) in [5, 5.41) is 9.55. The van der Waals surface area contributed by atoms with Crippen molar-refractivity contribution < 1.29 is 21.1 Å². The number of rotatable bonds is 7. The highest BCUT2D eigenvalue weighted by Gasteiger charge is 2.68. The fourth-order valence-corrected chi connectivity index (χ4v) is 3.84. The third-order valence-corrected chi connectivity index (χ3v) is 6.06. The van der Waals surface area contributed by atoms with Crippen molar-refractivity contribution in [2.75, 3.05) is 6.67 Å². The van der Waals surface area contributed by atoms with Crippen molar-refractivity contribution in [1.82, 2.24) is 4.57 Å². The highest BCUT2D eigenvalue weighted by atomic mass is 19.1. The number of aliphatic hydroxyl groups is 1. The van der Waals surface area contributed by atoms with E-state index in [4.69, 9.17) is 6.85 Å². The predicted octanol–water partition coefficient (Wildman–Crippen LogP) is 4.62. The Kier molecular flexibility index (Phi) is 3.15. The molecule has 3 rings (SSSR count). The smallest absolute Gasteiger partial charge is 0.169 e. The average molecular weight is 350 g/mol. The first-order valence-corrected chi connectivity index (χ1v) is 8.68. The van der Waals surface area contributed by atoms with E-state index in [2.05, 4.69) is 0 Å². The molecule has 1 heterocycles. The van der Waals surface area contributed by atoms with E-state index in [1.807, 2.05) is 27.7 Å². The summed E-state index contributed by atoms with van der Waals surface area (Å²) in [5.74, 6) is -0.646. The molecule has 1 aliphatic carbocycles. The van der Waals surface area contributed by atoms with Gasteiger partial charge in [-0.15, -0.1) is 0 Å². The van der Waals surface area contributed by atoms with Crippen molar-refractivity contribution in [2.45, 2.75) is 53.2 Å². The van der Waals surface area contributed by atoms with E-state index >= 15 is 0 Å². The van der Waals surface area contributed by atoms with Gasteiger partial charge in [0.1, 0.15) is 6.67 Å². The lowest BCUT2D eigenvalue weighted by molar-refractivity contribution is 0.0946. The second kappa shape index (κ2) is 6.24. The molecule has 0 bridgehead atoms. The molecule has 0 amide bonds. The first kappa shape index (κ1) is 12.6. The van der Waals surface area contributed by atoms with Crippen molar-refractivity contribution in [3.8, 4) is 0 Å². The molecule has 1 N–H and O–H groups in total. The zero-order valence-corrected chi connectivity index (χ0v) is 15.2. The number of Topliss-reactive ketones (excluding diaryl/α,β-unsaturated/α-hetero) is 1. The van der Waals surface area contributed by atoms with Gasteiger partial charge in [0, 0.05) is 35.1 Å². The SMILES string of the molecule is [2H]c1c([2H])c([2H])c2c(c1[2H])c(C(=O)C1C(C)(C)C1(C)C)c([2H])n2CCCC(O)CF. The molecule has 1 unspecified atom stereocenters. The van der Waals surface area contributed by atoms with Crippen LogP contribution in [0.25, 0.3) is 10.9 Å². The standard InChI is InChI=1S/C21H28FNO2/c1-20(2)19(21(20,3)4)18(25)16-13-23(11-7-8-14(24)12-22)17-10-6-5-9-15(16)17/h5-6,9-10,13-14,19,24H,7-8,11-12H2,1-4H3/i5D,6D,9D,10D,13D. The summed E-state index contributed by atoms with van der Waals surface area (Å²) in [5.41, 5.74) is -0.449. The van der Waals surface area contributed by atoms with Crippen molar-refractivity contribution in [3.05, 3.63) is 35.9 Å². The number of ketones is 1. The molecule has 1 saturated carbocycles. The van der Waals surface area contributed by atoms with E-state index in [9.17, 15) is 14.3 Å². The maximum absolute atomic E-state index is 13.5. The van der Waals surface area contributed by atoms with Crippen LogP contribution in [0, 0.1) is 16.7 Å². The summed E-state index contributed by atoms with van der Waals surface area (Å²) in [6.07, 6.45) is -0.830. The van der Waals surface area contributed by atoms with E-state index in [-0.39, 0.29) is 70.2 Å². The number of fused-ring (bicyclic) bond motifs is 1. The molecule has 3 nitrogen and oxygen atoms in total. The molecule has 25 heavy (non-hydrogen) atoms. The number of carbonyl (C=O) groups is 1. The number of para-hydroxylation sites is 1. The molecule has 0 spiro atoms. The number of aromatic nitrogens is 1. The Balaban J connectivity index is 2.20. The van der Waals surface area contributed by atoms with Crippen molar-refractivity contribution in [3.63, 3.8) is 0 Å². The number of hydrogen-bond donors (Lipinski definition) is 1. The number of halogens is 1. The van der Waals surface area contributed by atoms with E-state index in [0.29, 0.717) is 6.42 Å². The zero-order valence-electron chi connectivity index (χ0n) is 20.2. The van der Waals surface area contributed by atoms with Gasteiger partial charge in [0.2, 0.25) is 0 Å². The Morgan fingerprint density at radius 2 is 1.96 bits per heavy atom. The van der Waals surface area contributed by atoms with Crippen LogP contribution in [0.5, 0.6) is 0 Å². The second-order valence-corrected chi connectivity index (χ2v) is 8.05. The Labute approximate surface area is 155 Å². The van der Waals surface area contributed by atoms with Gasteiger partial charge >= 0.3 is 0 Å². The van der Waals surface area contributed by atoms with Crippen molar-refractivity contribution in [2.24, 2.45) is 16.7 Å². The predicted molar refractivity (Wildman–Crippen MR) is 98.5 cm³/mol. The number of aliphatic hydroxyl groups excluding tert-OH is 1. The van der Waals surface area contributed by atoms with Crippen LogP contribution < -0.4 is 0 Å². The fourth-order valence-electron chi connectivity index (χ4n) is 3.84. The molecule has 0 saturated heterocycles. The first-order valence-electron chi connectivity index (χ1n) is 11.2. The van der Waals surface area contributed by atoms with Gasteiger partial charge in [-0.25, -0.2) is 4.39 Å². The second-order valence-electron chi connectivity index (χ2n) is 8.05. The first-order chi connectivity index (χ1) is 13.8. The van der Waals surface area contributed by atoms with Gasteiger partial charge in [0.05, 0.1) is 13.0 Å². The zero-order chi connectivity index (χ0) is 22.8. The Morgan fingerprint density at radius 3 is 2.56 bits per heavy atom. The molecule has 1 fully saturated rings. The van der Waals surface area contributed by atoms with Crippen LogP contribution in [0.3, 0.4) is 0 Å². The van der Waals surface area contributed by atoms with Gasteiger partial charge in [0.15, 0.2) is 5.78 Å². The summed E-state index contributed by atoms with van der Waals surface area (Å²) in [6, 6.07) is -1.51. The lowest BCUT2D eigenvalue weighted by Gasteiger charge is -2.07. The topological polar surface area (TPSA) is 42.2 Å². The molecule has 136 valence electrons. The molecule has 0 aliphatic heterocycles. The Hall–Kier alpha value is -1.68. The molecular formula is C21H28FNO2. The van der Waals surface area contributed by atoms with Gasteiger partial charge in [-0.1, -0.05) is 45.8 Å². The summed E-state index contributed by atoms with van der Waals surface area (Å²) in [4.78, 5) is 13.5. The van der Waals surface area contributed by atoms with E-state index in [1.54, 1.807) is 0 Å². The average Bonchev–Trinajstić information content (AvgIpc) is 2.93. The number of carbonyl (C=O) groups excluding carboxylic acids is 1. The Bertz CT molecular complexity index is 1020. The van der Waals surface area contributed by atoms with Crippen molar-refractivity contribution >= 4 is 16.7 Å². The highest BCUT2D eigenvalue weighted by Crippen LogP contribution is 2.69. The molecule has 1 aliphatic rings. The third-order valence-electron chi connectivity index (χ3n) is 6.06. The monoisotopic (exact) mass is 350 g/mol. The minimum absolute atomic E-state index is 0.0201. The van der Waals surface area contributed by atoms with Crippen LogP contribution in [0.4, 0.5) is 4.39 Å². The van der Waals surface area contributed by atoms with Gasteiger partial charge in [-0.3, -0.25) is 4.79 Å². The molecule has 1 atom stereocenters. The van der Waals surface area contributed by atoms with E-state index in [1.165, 1.54) is 4.57 Å². The summed E-state index contributed by atoms with van der Waals surface area (Å²) in [7, 11) is 0. The maximum Gasteiger partial charge on any atom is 0.169 e. The van der Waals surface area contributed by atoms with Crippen LogP contribution in [-0.4, -0.2) is 28.2 Å². The largest absolute Gasteiger partial charge is 0.390 e.